The topological polar surface area (TPSA) is 38.9 Å². The van der Waals surface area contributed by atoms with Crippen LogP contribution in [0.15, 0.2) is 48.7 Å². The summed E-state index contributed by atoms with van der Waals surface area (Å²) in [6.07, 6.45) is -3.18. The minimum atomic E-state index is -4.44. The fraction of sp³-hybridized carbons (Fsp3) is 0.0625. The molecule has 1 radical (unpaired) electrons. The predicted molar refractivity (Wildman–Crippen MR) is 75.4 cm³/mol. The lowest BCUT2D eigenvalue weighted by Gasteiger charge is -2.12. The van der Waals surface area contributed by atoms with Gasteiger partial charge < -0.3 is 5.73 Å². The molecule has 3 aromatic rings. The minimum absolute atomic E-state index is 0.0822. The van der Waals surface area contributed by atoms with Crippen molar-refractivity contribution in [2.45, 2.75) is 6.18 Å². The van der Waals surface area contributed by atoms with Crippen LogP contribution in [0, 0.1) is 6.07 Å². The third-order valence-electron chi connectivity index (χ3n) is 3.19. The number of anilines is 1. The Balaban J connectivity index is 2.31. The first-order chi connectivity index (χ1) is 9.97. The standard InChI is InChI=1S/C16H10F3N2/c17-16(18,19)14-6-2-5-13-12(7-8-21-15(13)14)10-3-1-4-11(20)9-10/h1-6,8-9H,20H2. The molecule has 0 aliphatic rings. The molecule has 0 atom stereocenters. The third kappa shape index (κ3) is 2.42. The van der Waals surface area contributed by atoms with Crippen molar-refractivity contribution in [2.24, 2.45) is 0 Å². The summed E-state index contributed by atoms with van der Waals surface area (Å²) in [6.45, 7) is 0. The minimum Gasteiger partial charge on any atom is -0.399 e. The molecule has 0 unspecified atom stereocenters. The first-order valence-corrected chi connectivity index (χ1v) is 6.19. The van der Waals surface area contributed by atoms with Crippen molar-refractivity contribution in [3.8, 4) is 11.1 Å². The Labute approximate surface area is 119 Å². The van der Waals surface area contributed by atoms with Gasteiger partial charge in [0.25, 0.3) is 0 Å². The normalized spacial score (nSPS) is 11.8. The van der Waals surface area contributed by atoms with Crippen LogP contribution in [-0.4, -0.2) is 4.98 Å². The summed E-state index contributed by atoms with van der Waals surface area (Å²) in [4.78, 5) is 3.85. The van der Waals surface area contributed by atoms with Crippen LogP contribution in [0.25, 0.3) is 22.0 Å². The van der Waals surface area contributed by atoms with Crippen molar-refractivity contribution in [1.29, 1.82) is 0 Å². The molecule has 3 rings (SSSR count). The van der Waals surface area contributed by atoms with E-state index in [4.69, 9.17) is 5.73 Å². The average Bonchev–Trinajstić information content (AvgIpc) is 2.45. The summed E-state index contributed by atoms with van der Waals surface area (Å²) >= 11 is 0. The van der Waals surface area contributed by atoms with Gasteiger partial charge in [0, 0.05) is 28.9 Å². The van der Waals surface area contributed by atoms with Gasteiger partial charge in [-0.3, -0.25) is 4.98 Å². The molecule has 105 valence electrons. The Morgan fingerprint density at radius 3 is 2.52 bits per heavy atom. The molecule has 21 heavy (non-hydrogen) atoms. The number of nitrogens with two attached hydrogens (primary N) is 1. The Hall–Kier alpha value is -2.56. The van der Waals surface area contributed by atoms with Crippen LogP contribution in [0.2, 0.25) is 0 Å². The fourth-order valence-corrected chi connectivity index (χ4v) is 2.29. The Bertz CT molecular complexity index is 810. The molecular weight excluding hydrogens is 277 g/mol. The SMILES string of the molecule is Nc1cccc(-c2[c]cnc3c(C(F)(F)F)cccc23)c1. The molecule has 0 aliphatic carbocycles. The highest BCUT2D eigenvalue weighted by atomic mass is 19.4. The maximum absolute atomic E-state index is 13.0. The number of benzene rings is 2. The molecule has 2 aromatic carbocycles. The molecular formula is C16H10F3N2. The number of halogens is 3. The van der Waals surface area contributed by atoms with Crippen molar-refractivity contribution in [2.75, 3.05) is 5.73 Å². The molecule has 2 nitrogen and oxygen atoms in total. The molecule has 0 saturated heterocycles. The predicted octanol–water partition coefficient (Wildman–Crippen LogP) is 4.30. The van der Waals surface area contributed by atoms with Gasteiger partial charge in [-0.05, 0) is 23.8 Å². The molecule has 1 aromatic heterocycles. The summed E-state index contributed by atoms with van der Waals surface area (Å²) in [5.41, 5.74) is 6.70. The van der Waals surface area contributed by atoms with Crippen LogP contribution in [-0.2, 0) is 6.18 Å². The highest BCUT2D eigenvalue weighted by molar-refractivity contribution is 5.96. The van der Waals surface area contributed by atoms with E-state index in [1.807, 2.05) is 0 Å². The van der Waals surface area contributed by atoms with Gasteiger partial charge in [0.05, 0.1) is 11.1 Å². The van der Waals surface area contributed by atoms with E-state index in [9.17, 15) is 13.2 Å². The van der Waals surface area contributed by atoms with Gasteiger partial charge in [0.2, 0.25) is 0 Å². The van der Waals surface area contributed by atoms with E-state index in [1.165, 1.54) is 12.3 Å². The number of aromatic nitrogens is 1. The maximum Gasteiger partial charge on any atom is 0.418 e. The third-order valence-corrected chi connectivity index (χ3v) is 3.19. The number of nitrogens with zero attached hydrogens (tertiary/aromatic N) is 1. The van der Waals surface area contributed by atoms with Crippen molar-refractivity contribution < 1.29 is 13.2 Å². The van der Waals surface area contributed by atoms with Gasteiger partial charge in [0.15, 0.2) is 0 Å². The first kappa shape index (κ1) is 13.4. The molecule has 0 aliphatic heterocycles. The Morgan fingerprint density at radius 1 is 1.05 bits per heavy atom. The highest BCUT2D eigenvalue weighted by Crippen LogP contribution is 2.36. The van der Waals surface area contributed by atoms with Crippen LogP contribution in [0.4, 0.5) is 18.9 Å². The zero-order chi connectivity index (χ0) is 15.0. The maximum atomic E-state index is 13.0. The van der Waals surface area contributed by atoms with Crippen LogP contribution in [0.1, 0.15) is 5.56 Å². The van der Waals surface area contributed by atoms with E-state index in [-0.39, 0.29) is 5.52 Å². The number of nitrogen functional groups attached to an aromatic ring is 1. The van der Waals surface area contributed by atoms with Gasteiger partial charge in [-0.1, -0.05) is 24.3 Å². The van der Waals surface area contributed by atoms with Gasteiger partial charge in [-0.2, -0.15) is 13.2 Å². The lowest BCUT2D eigenvalue weighted by molar-refractivity contribution is -0.136. The smallest absolute Gasteiger partial charge is 0.399 e. The largest absolute Gasteiger partial charge is 0.418 e. The lowest BCUT2D eigenvalue weighted by Crippen LogP contribution is -2.06. The van der Waals surface area contributed by atoms with Gasteiger partial charge in [-0.15, -0.1) is 0 Å². The number of pyridine rings is 1. The quantitative estimate of drug-likeness (QED) is 0.678. The number of alkyl halides is 3. The zero-order valence-electron chi connectivity index (χ0n) is 10.8. The molecule has 0 amide bonds. The average molecular weight is 287 g/mol. The van der Waals surface area contributed by atoms with Crippen molar-refractivity contribution in [3.05, 3.63) is 60.3 Å². The number of hydrogen-bond acceptors (Lipinski definition) is 2. The molecule has 0 bridgehead atoms. The fourth-order valence-electron chi connectivity index (χ4n) is 2.29. The summed E-state index contributed by atoms with van der Waals surface area (Å²) in [5.74, 6) is 0. The highest BCUT2D eigenvalue weighted by Gasteiger charge is 2.33. The van der Waals surface area contributed by atoms with E-state index >= 15 is 0 Å². The first-order valence-electron chi connectivity index (χ1n) is 6.19. The lowest BCUT2D eigenvalue weighted by atomic mass is 9.99. The second kappa shape index (κ2) is 4.77. The van der Waals surface area contributed by atoms with Crippen molar-refractivity contribution in [3.63, 3.8) is 0 Å². The molecule has 5 heteroatoms. The number of hydrogen-bond donors (Lipinski definition) is 1. The van der Waals surface area contributed by atoms with E-state index in [0.717, 1.165) is 6.07 Å². The number of fused-ring (bicyclic) bond motifs is 1. The van der Waals surface area contributed by atoms with E-state index < -0.39 is 11.7 Å². The molecule has 0 spiro atoms. The second-order valence-electron chi connectivity index (χ2n) is 4.60. The van der Waals surface area contributed by atoms with Gasteiger partial charge in [0.1, 0.15) is 0 Å². The molecule has 0 fully saturated rings. The van der Waals surface area contributed by atoms with E-state index in [0.29, 0.717) is 22.2 Å². The van der Waals surface area contributed by atoms with Gasteiger partial charge >= 0.3 is 6.18 Å². The molecule has 2 N–H and O–H groups in total. The summed E-state index contributed by atoms with van der Waals surface area (Å²) in [5, 5.41) is 0.401. The number of rotatable bonds is 1. The molecule has 0 saturated carbocycles. The van der Waals surface area contributed by atoms with Crippen LogP contribution in [0.5, 0.6) is 0 Å². The van der Waals surface area contributed by atoms with Crippen molar-refractivity contribution >= 4 is 16.6 Å². The second-order valence-corrected chi connectivity index (χ2v) is 4.60. The van der Waals surface area contributed by atoms with Crippen LogP contribution >= 0.6 is 0 Å². The summed E-state index contributed by atoms with van der Waals surface area (Å²) < 4.78 is 39.1. The monoisotopic (exact) mass is 287 g/mol. The Morgan fingerprint density at radius 2 is 1.81 bits per heavy atom. The van der Waals surface area contributed by atoms with Crippen LogP contribution < -0.4 is 5.73 Å². The van der Waals surface area contributed by atoms with Crippen molar-refractivity contribution in [1.82, 2.24) is 4.98 Å². The number of para-hydroxylation sites is 1. The molecule has 1 heterocycles. The van der Waals surface area contributed by atoms with Gasteiger partial charge in [-0.25, -0.2) is 0 Å². The zero-order valence-corrected chi connectivity index (χ0v) is 10.8. The van der Waals surface area contributed by atoms with E-state index in [2.05, 4.69) is 11.1 Å². The van der Waals surface area contributed by atoms with E-state index in [1.54, 1.807) is 30.3 Å². The summed E-state index contributed by atoms with van der Waals surface area (Å²) in [7, 11) is 0. The van der Waals surface area contributed by atoms with Crippen LogP contribution in [0.3, 0.4) is 0 Å². The summed E-state index contributed by atoms with van der Waals surface area (Å²) in [6, 6.07) is 13.8. The Kier molecular flexibility index (Phi) is 3.05.